The molecule has 0 fully saturated rings. The molecule has 1 N–H and O–H groups in total. The second-order valence-electron chi connectivity index (χ2n) is 7.99. The van der Waals surface area contributed by atoms with Crippen molar-refractivity contribution in [1.29, 1.82) is 0 Å². The molecule has 6 nitrogen and oxygen atoms in total. The van der Waals surface area contributed by atoms with Crippen LogP contribution in [0.2, 0.25) is 0 Å². The Kier molecular flexibility index (Phi) is 16.3. The zero-order valence-corrected chi connectivity index (χ0v) is 19.6. The number of carbonyl (C=O) groups is 1. The van der Waals surface area contributed by atoms with E-state index in [1.165, 1.54) is 75.6 Å². The fraction of sp³-hybridized carbons (Fsp3) is 0.577. The summed E-state index contributed by atoms with van der Waals surface area (Å²) in [6, 6.07) is 5.46. The predicted octanol–water partition coefficient (Wildman–Crippen LogP) is 7.89. The Bertz CT molecular complexity index is 684. The van der Waals surface area contributed by atoms with Gasteiger partial charge in [-0.2, -0.15) is 0 Å². The van der Waals surface area contributed by atoms with Crippen LogP contribution in [-0.2, 0) is 0 Å². The van der Waals surface area contributed by atoms with Crippen LogP contribution in [0.15, 0.2) is 48.6 Å². The Morgan fingerprint density at radius 1 is 0.844 bits per heavy atom. The van der Waals surface area contributed by atoms with Crippen molar-refractivity contribution in [2.45, 2.75) is 90.4 Å². The third-order valence-corrected chi connectivity index (χ3v) is 5.13. The lowest BCUT2D eigenvalue weighted by atomic mass is 10.1. The fourth-order valence-corrected chi connectivity index (χ4v) is 3.24. The van der Waals surface area contributed by atoms with Crippen molar-refractivity contribution in [3.05, 3.63) is 58.7 Å². The molecule has 6 heteroatoms. The van der Waals surface area contributed by atoms with Crippen molar-refractivity contribution in [3.8, 4) is 5.75 Å². The van der Waals surface area contributed by atoms with Gasteiger partial charge in [0.15, 0.2) is 0 Å². The van der Waals surface area contributed by atoms with E-state index in [2.05, 4.69) is 36.5 Å². The van der Waals surface area contributed by atoms with E-state index >= 15 is 0 Å². The highest BCUT2D eigenvalue weighted by Gasteiger charge is 2.07. The summed E-state index contributed by atoms with van der Waals surface area (Å²) in [7, 11) is 0. The van der Waals surface area contributed by atoms with Gasteiger partial charge in [-0.05, 0) is 57.1 Å². The molecule has 0 saturated heterocycles. The fourth-order valence-electron chi connectivity index (χ4n) is 3.24. The van der Waals surface area contributed by atoms with Crippen LogP contribution in [-0.4, -0.2) is 17.6 Å². The van der Waals surface area contributed by atoms with Crippen molar-refractivity contribution in [2.75, 3.05) is 6.54 Å². The number of non-ortho nitro benzene ring substituents is 1. The lowest BCUT2D eigenvalue weighted by Gasteiger charge is -2.06. The van der Waals surface area contributed by atoms with Crippen molar-refractivity contribution < 1.29 is 14.5 Å². The number of nitrogens with zero attached hydrogens (tertiary/aromatic N) is 1. The molecule has 0 radical (unpaired) electrons. The molecule has 0 heterocycles. The molecule has 0 aliphatic rings. The summed E-state index contributed by atoms with van der Waals surface area (Å²) in [5.41, 5.74) is -0.0327. The lowest BCUT2D eigenvalue weighted by Crippen LogP contribution is -2.27. The van der Waals surface area contributed by atoms with Crippen LogP contribution in [0.3, 0.4) is 0 Å². The number of amides is 1. The lowest BCUT2D eigenvalue weighted by molar-refractivity contribution is -0.384. The molecule has 1 aromatic rings. The molecule has 0 aromatic heterocycles. The molecule has 0 atom stereocenters. The molecule has 0 aliphatic carbocycles. The minimum absolute atomic E-state index is 0.0327. The van der Waals surface area contributed by atoms with E-state index in [9.17, 15) is 14.9 Å². The first-order valence-corrected chi connectivity index (χ1v) is 12.1. The Balaban J connectivity index is 1.89. The smallest absolute Gasteiger partial charge is 0.410 e. The van der Waals surface area contributed by atoms with E-state index in [-0.39, 0.29) is 5.69 Å². The average molecular weight is 445 g/mol. The summed E-state index contributed by atoms with van der Waals surface area (Å²) >= 11 is 0. The van der Waals surface area contributed by atoms with Gasteiger partial charge in [-0.25, -0.2) is 4.79 Å². The van der Waals surface area contributed by atoms with Crippen molar-refractivity contribution in [1.82, 2.24) is 5.32 Å². The van der Waals surface area contributed by atoms with Gasteiger partial charge in [0.05, 0.1) is 4.92 Å². The molecule has 0 saturated carbocycles. The molecule has 1 aromatic carbocycles. The van der Waals surface area contributed by atoms with Gasteiger partial charge in [0.25, 0.3) is 5.69 Å². The average Bonchev–Trinajstić information content (AvgIpc) is 2.78. The summed E-state index contributed by atoms with van der Waals surface area (Å²) in [5.74, 6) is 0.293. The number of ether oxygens (including phenoxy) is 1. The molecular weight excluding hydrogens is 404 g/mol. The number of nitrogens with one attached hydrogen (secondary N) is 1. The van der Waals surface area contributed by atoms with Crippen LogP contribution in [0.1, 0.15) is 90.4 Å². The van der Waals surface area contributed by atoms with Gasteiger partial charge in [0, 0.05) is 18.7 Å². The molecular formula is C26H40N2O4. The Labute approximate surface area is 193 Å². The highest BCUT2D eigenvalue weighted by atomic mass is 16.6. The van der Waals surface area contributed by atoms with Crippen LogP contribution >= 0.6 is 0 Å². The SMILES string of the molecule is CCCCCC=CCCC=CCCCCCCCCNC(=O)Oc1ccc([N+](=O)[O-])cc1. The predicted molar refractivity (Wildman–Crippen MR) is 131 cm³/mol. The number of hydrogen-bond acceptors (Lipinski definition) is 4. The first kappa shape index (κ1) is 27.4. The number of hydrogen-bond donors (Lipinski definition) is 1. The van der Waals surface area contributed by atoms with Gasteiger partial charge in [-0.15, -0.1) is 0 Å². The number of nitro groups is 1. The number of nitro benzene ring substituents is 1. The third-order valence-electron chi connectivity index (χ3n) is 5.13. The monoisotopic (exact) mass is 444 g/mol. The first-order chi connectivity index (χ1) is 15.6. The van der Waals surface area contributed by atoms with Crippen molar-refractivity contribution >= 4 is 11.8 Å². The molecule has 0 unspecified atom stereocenters. The van der Waals surface area contributed by atoms with E-state index < -0.39 is 11.0 Å². The largest absolute Gasteiger partial charge is 0.412 e. The van der Waals surface area contributed by atoms with Gasteiger partial charge in [-0.1, -0.05) is 69.8 Å². The third kappa shape index (κ3) is 15.2. The summed E-state index contributed by atoms with van der Waals surface area (Å²) in [4.78, 5) is 21.8. The Hall–Kier alpha value is -2.63. The van der Waals surface area contributed by atoms with Crippen molar-refractivity contribution in [2.24, 2.45) is 0 Å². The highest BCUT2D eigenvalue weighted by Crippen LogP contribution is 2.17. The number of allylic oxidation sites excluding steroid dienone is 4. The van der Waals surface area contributed by atoms with E-state index in [1.54, 1.807) is 0 Å². The molecule has 0 spiro atoms. The number of benzene rings is 1. The standard InChI is InChI=1S/C26H40N2O4/c1-2-3-4-5-6-7-8-9-10-11-12-13-14-15-16-17-18-23-27-26(29)32-25-21-19-24(20-22-25)28(30)31/h6-7,10-11,19-22H,2-5,8-9,12-18,23H2,1H3,(H,27,29). The molecule has 1 rings (SSSR count). The van der Waals surface area contributed by atoms with E-state index in [4.69, 9.17) is 4.74 Å². The zero-order chi connectivity index (χ0) is 23.3. The Morgan fingerprint density at radius 2 is 1.38 bits per heavy atom. The topological polar surface area (TPSA) is 81.5 Å². The van der Waals surface area contributed by atoms with Crippen molar-refractivity contribution in [3.63, 3.8) is 0 Å². The molecule has 0 aliphatic heterocycles. The van der Waals surface area contributed by atoms with Gasteiger partial charge in [0.2, 0.25) is 0 Å². The van der Waals surface area contributed by atoms with E-state index in [0.717, 1.165) is 32.1 Å². The molecule has 1 amide bonds. The highest BCUT2D eigenvalue weighted by molar-refractivity contribution is 5.70. The van der Waals surface area contributed by atoms with Gasteiger partial charge < -0.3 is 10.1 Å². The minimum atomic E-state index is -0.530. The molecule has 32 heavy (non-hydrogen) atoms. The number of rotatable bonds is 18. The minimum Gasteiger partial charge on any atom is -0.410 e. The molecule has 0 bridgehead atoms. The quantitative estimate of drug-likeness (QED) is 0.108. The zero-order valence-electron chi connectivity index (χ0n) is 19.6. The van der Waals surface area contributed by atoms with Crippen LogP contribution in [0.25, 0.3) is 0 Å². The number of carbonyl (C=O) groups excluding carboxylic acids is 1. The van der Waals surface area contributed by atoms with Crippen LogP contribution < -0.4 is 10.1 Å². The summed E-state index contributed by atoms with van der Waals surface area (Å²) in [6.45, 7) is 2.81. The number of unbranched alkanes of at least 4 members (excludes halogenated alkanes) is 10. The normalized spacial score (nSPS) is 11.3. The van der Waals surface area contributed by atoms with Gasteiger partial charge in [0.1, 0.15) is 5.75 Å². The maximum atomic E-state index is 11.7. The summed E-state index contributed by atoms with van der Waals surface area (Å²) < 4.78 is 5.10. The van der Waals surface area contributed by atoms with E-state index in [0.29, 0.717) is 12.3 Å². The Morgan fingerprint density at radius 3 is 1.97 bits per heavy atom. The molecule has 178 valence electrons. The summed E-state index contributed by atoms with van der Waals surface area (Å²) in [5, 5.41) is 13.3. The first-order valence-electron chi connectivity index (χ1n) is 12.1. The van der Waals surface area contributed by atoms with Gasteiger partial charge in [-0.3, -0.25) is 10.1 Å². The maximum absolute atomic E-state index is 11.7. The van der Waals surface area contributed by atoms with E-state index in [1.807, 2.05) is 0 Å². The van der Waals surface area contributed by atoms with Crippen LogP contribution in [0.4, 0.5) is 10.5 Å². The maximum Gasteiger partial charge on any atom is 0.412 e. The second kappa shape index (κ2) is 19.1. The second-order valence-corrected chi connectivity index (χ2v) is 7.99. The van der Waals surface area contributed by atoms with Gasteiger partial charge >= 0.3 is 6.09 Å². The van der Waals surface area contributed by atoms with Crippen LogP contribution in [0, 0.1) is 10.1 Å². The summed E-state index contributed by atoms with van der Waals surface area (Å²) in [6.07, 6.45) is 24.2. The van der Waals surface area contributed by atoms with Crippen LogP contribution in [0.5, 0.6) is 5.75 Å².